The van der Waals surface area contributed by atoms with E-state index in [1.165, 1.54) is 16.4 Å². The molecule has 2 fully saturated rings. The Balaban J connectivity index is 1.35. The molecule has 4 heterocycles. The number of rotatable bonds is 12. The second kappa shape index (κ2) is 15.5. The van der Waals surface area contributed by atoms with E-state index in [0.717, 1.165) is 29.8 Å². The molecule has 0 saturated carbocycles. The van der Waals surface area contributed by atoms with E-state index < -0.39 is 40.4 Å². The quantitative estimate of drug-likeness (QED) is 0.277. The summed E-state index contributed by atoms with van der Waals surface area (Å²) in [7, 11) is -3.53. The number of morpholine rings is 1. The van der Waals surface area contributed by atoms with E-state index in [-0.39, 0.29) is 30.6 Å². The van der Waals surface area contributed by atoms with Crippen LogP contribution in [0.3, 0.4) is 0 Å². The Kier molecular flexibility index (Phi) is 11.9. The van der Waals surface area contributed by atoms with Crippen molar-refractivity contribution in [2.45, 2.75) is 55.6 Å². The van der Waals surface area contributed by atoms with Crippen molar-refractivity contribution >= 4 is 27.7 Å². The topological polar surface area (TPSA) is 140 Å². The number of alkyl halides is 3. The highest BCUT2D eigenvalue weighted by Gasteiger charge is 2.35. The molecule has 17 heteroatoms. The summed E-state index contributed by atoms with van der Waals surface area (Å²) in [6.45, 7) is 4.82. The zero-order chi connectivity index (χ0) is 33.8. The Bertz CT molecular complexity index is 1490. The summed E-state index contributed by atoms with van der Waals surface area (Å²) >= 11 is 1.11. The molecule has 1 aromatic heterocycles. The molecule has 3 aliphatic heterocycles. The number of carbonyl (C=O) groups is 1. The van der Waals surface area contributed by atoms with Crippen molar-refractivity contribution < 1.29 is 41.3 Å². The van der Waals surface area contributed by atoms with Crippen LogP contribution < -0.4 is 5.32 Å². The molecular formula is C30H43F3N6O6S2. The lowest BCUT2D eigenvalue weighted by atomic mass is 10.0. The number of carbonyl (C=O) groups excluding carboxylic acids is 1. The third-order valence-corrected chi connectivity index (χ3v) is 11.1. The number of nitrogens with zero attached hydrogens (tertiary/aromatic N) is 5. The molecule has 0 aliphatic carbocycles. The summed E-state index contributed by atoms with van der Waals surface area (Å²) in [6.07, 6.45) is -2.44. The molecule has 0 radical (unpaired) electrons. The fourth-order valence-electron chi connectivity index (χ4n) is 6.35. The number of β-amino-alcohol motifs (C(OH)–C–C–N with tert-alkyl or cyclic N) is 1. The number of likely N-dealkylation sites (tertiary alicyclic amines) is 1. The van der Waals surface area contributed by atoms with E-state index in [2.05, 4.69) is 15.1 Å². The highest BCUT2D eigenvalue weighted by molar-refractivity contribution is 7.99. The maximum absolute atomic E-state index is 14.1. The lowest BCUT2D eigenvalue weighted by Crippen LogP contribution is -2.45. The Morgan fingerprint density at radius 2 is 1.85 bits per heavy atom. The van der Waals surface area contributed by atoms with E-state index in [4.69, 9.17) is 14.9 Å². The SMILES string of the molecule is CS(=O)(=O)N1CCc2c(c(-c3ccc(C(F)(F)F)c(SCCN4CCC(NC(=O)CO)CC4)c3)nn2C[C@@H](O)CN2CCOCC2)C1. The first-order valence-electron chi connectivity index (χ1n) is 15.8. The average Bonchev–Trinajstić information content (AvgIpc) is 3.38. The molecule has 1 amide bonds. The predicted molar refractivity (Wildman–Crippen MR) is 170 cm³/mol. The van der Waals surface area contributed by atoms with Gasteiger partial charge in [-0.1, -0.05) is 6.07 Å². The molecule has 5 rings (SSSR count). The number of benzene rings is 1. The van der Waals surface area contributed by atoms with Gasteiger partial charge in [0.2, 0.25) is 15.9 Å². The molecule has 262 valence electrons. The summed E-state index contributed by atoms with van der Waals surface area (Å²) in [5.74, 6) is -0.0136. The minimum Gasteiger partial charge on any atom is -0.390 e. The minimum absolute atomic E-state index is 0.0306. The maximum Gasteiger partial charge on any atom is 0.417 e. The maximum atomic E-state index is 14.1. The van der Waals surface area contributed by atoms with Crippen LogP contribution in [0, 0.1) is 0 Å². The third-order valence-electron chi connectivity index (χ3n) is 8.85. The minimum atomic E-state index is -4.57. The van der Waals surface area contributed by atoms with Gasteiger partial charge in [0.1, 0.15) is 6.61 Å². The van der Waals surface area contributed by atoms with Crippen LogP contribution in [0.2, 0.25) is 0 Å². The van der Waals surface area contributed by atoms with Crippen molar-refractivity contribution in [2.75, 3.05) is 77.6 Å². The van der Waals surface area contributed by atoms with Crippen LogP contribution in [-0.2, 0) is 45.2 Å². The molecule has 2 saturated heterocycles. The summed E-state index contributed by atoms with van der Waals surface area (Å²) < 4.78 is 75.7. The van der Waals surface area contributed by atoms with Crippen LogP contribution in [0.25, 0.3) is 11.3 Å². The number of hydrogen-bond donors (Lipinski definition) is 3. The third kappa shape index (κ3) is 9.47. The largest absolute Gasteiger partial charge is 0.417 e. The standard InChI is InChI=1S/C30H43F3N6O6S2/c1-47(43,44)38-9-6-26-24(19-38)29(35-39(26)18-23(41)17-37-10-13-45-14-11-37)21-2-3-25(30(31,32)33)27(16-21)46-15-12-36-7-4-22(5-8-36)34-28(42)20-40/h2-3,16,22-23,40-41H,4-15,17-20H2,1H3,(H,34,42)/t23-/m0/s1. The van der Waals surface area contributed by atoms with E-state index in [0.29, 0.717) is 94.3 Å². The van der Waals surface area contributed by atoms with Gasteiger partial charge < -0.3 is 25.2 Å². The number of fused-ring (bicyclic) bond motifs is 1. The number of thioether (sulfide) groups is 1. The van der Waals surface area contributed by atoms with Gasteiger partial charge in [0, 0.05) is 92.3 Å². The highest BCUT2D eigenvalue weighted by atomic mass is 32.2. The van der Waals surface area contributed by atoms with Crippen molar-refractivity contribution in [3.8, 4) is 11.3 Å². The first-order valence-corrected chi connectivity index (χ1v) is 18.6. The number of ether oxygens (including phenoxy) is 1. The number of hydrogen-bond acceptors (Lipinski definition) is 10. The summed E-state index contributed by atoms with van der Waals surface area (Å²) in [4.78, 5) is 15.8. The molecular weight excluding hydrogens is 661 g/mol. The molecule has 0 spiro atoms. The van der Waals surface area contributed by atoms with E-state index in [1.54, 1.807) is 4.68 Å². The monoisotopic (exact) mass is 704 g/mol. The smallest absolute Gasteiger partial charge is 0.390 e. The van der Waals surface area contributed by atoms with Crippen molar-refractivity contribution in [3.05, 3.63) is 35.0 Å². The van der Waals surface area contributed by atoms with Gasteiger partial charge in [0.25, 0.3) is 0 Å². The van der Waals surface area contributed by atoms with Crippen LogP contribution >= 0.6 is 11.8 Å². The second-order valence-corrected chi connectivity index (χ2v) is 15.4. The first-order chi connectivity index (χ1) is 22.3. The fraction of sp³-hybridized carbons (Fsp3) is 0.667. The lowest BCUT2D eigenvalue weighted by molar-refractivity contribution is -0.139. The van der Waals surface area contributed by atoms with Crippen molar-refractivity contribution in [3.63, 3.8) is 0 Å². The normalized spacial score (nSPS) is 19.9. The van der Waals surface area contributed by atoms with Gasteiger partial charge in [-0.05, 0) is 25.0 Å². The van der Waals surface area contributed by atoms with Crippen LogP contribution in [0.15, 0.2) is 23.1 Å². The number of amides is 1. The number of nitrogens with one attached hydrogen (secondary N) is 1. The number of aliphatic hydroxyl groups is 2. The van der Waals surface area contributed by atoms with E-state index >= 15 is 0 Å². The zero-order valence-electron chi connectivity index (χ0n) is 26.4. The van der Waals surface area contributed by atoms with Crippen LogP contribution in [0.5, 0.6) is 0 Å². The molecule has 12 nitrogen and oxygen atoms in total. The van der Waals surface area contributed by atoms with Crippen molar-refractivity contribution in [1.29, 1.82) is 0 Å². The number of aromatic nitrogens is 2. The van der Waals surface area contributed by atoms with Crippen LogP contribution in [0.1, 0.15) is 29.7 Å². The average molecular weight is 705 g/mol. The van der Waals surface area contributed by atoms with Crippen LogP contribution in [0.4, 0.5) is 13.2 Å². The summed E-state index contributed by atoms with van der Waals surface area (Å²) in [6, 6.07) is 3.90. The number of halogens is 3. The second-order valence-electron chi connectivity index (χ2n) is 12.3. The highest BCUT2D eigenvalue weighted by Crippen LogP contribution is 2.40. The molecule has 3 aliphatic rings. The molecule has 0 unspecified atom stereocenters. The fourth-order valence-corrected chi connectivity index (χ4v) is 8.26. The van der Waals surface area contributed by atoms with E-state index in [1.807, 2.05) is 0 Å². The van der Waals surface area contributed by atoms with Gasteiger partial charge in [-0.3, -0.25) is 14.4 Å². The Hall–Kier alpha value is -2.25. The van der Waals surface area contributed by atoms with Crippen molar-refractivity contribution in [2.24, 2.45) is 0 Å². The molecule has 0 bridgehead atoms. The molecule has 1 atom stereocenters. The van der Waals surface area contributed by atoms with Gasteiger partial charge in [-0.2, -0.15) is 22.6 Å². The van der Waals surface area contributed by atoms with Gasteiger partial charge >= 0.3 is 6.18 Å². The van der Waals surface area contributed by atoms with Crippen molar-refractivity contribution in [1.82, 2.24) is 29.2 Å². The number of aliphatic hydroxyl groups excluding tert-OH is 2. The number of sulfonamides is 1. The Labute approximate surface area is 277 Å². The Morgan fingerprint density at radius 1 is 1.13 bits per heavy atom. The van der Waals surface area contributed by atoms with Gasteiger partial charge in [0.15, 0.2) is 0 Å². The van der Waals surface area contributed by atoms with Gasteiger partial charge in [-0.25, -0.2) is 8.42 Å². The Morgan fingerprint density at radius 3 is 2.51 bits per heavy atom. The molecule has 1 aromatic carbocycles. The molecule has 3 N–H and O–H groups in total. The van der Waals surface area contributed by atoms with Gasteiger partial charge in [-0.15, -0.1) is 11.8 Å². The molecule has 47 heavy (non-hydrogen) atoms. The zero-order valence-corrected chi connectivity index (χ0v) is 28.0. The van der Waals surface area contributed by atoms with E-state index in [9.17, 15) is 31.5 Å². The number of piperidine rings is 1. The predicted octanol–water partition coefficient (Wildman–Crippen LogP) is 1.24. The lowest BCUT2D eigenvalue weighted by Gasteiger charge is -2.32. The van der Waals surface area contributed by atoms with Gasteiger partial charge in [0.05, 0.1) is 43.4 Å². The first kappa shape index (κ1) is 36.0. The van der Waals surface area contributed by atoms with Crippen LogP contribution in [-0.4, -0.2) is 138 Å². The molecule has 2 aromatic rings. The summed E-state index contributed by atoms with van der Waals surface area (Å²) in [5, 5.41) is 27.4. The summed E-state index contributed by atoms with van der Waals surface area (Å²) in [5.41, 5.74) is 1.52.